The Morgan fingerprint density at radius 3 is 2.27 bits per heavy atom. The smallest absolute Gasteiger partial charge is 0.263 e. The molecule has 1 amide bonds. The molecular formula is C18H26N2O5S. The Kier molecular flexibility index (Phi) is 6.16. The molecule has 2 fully saturated rings. The molecule has 7 nitrogen and oxygen atoms in total. The number of morpholine rings is 1. The number of carbonyl (C=O) groups excluding carboxylic acids is 1. The molecule has 26 heavy (non-hydrogen) atoms. The van der Waals surface area contributed by atoms with Gasteiger partial charge < -0.3 is 14.4 Å². The van der Waals surface area contributed by atoms with E-state index in [1.54, 1.807) is 36.1 Å². The zero-order valence-electron chi connectivity index (χ0n) is 15.1. The molecule has 0 radical (unpaired) electrons. The van der Waals surface area contributed by atoms with Crippen LogP contribution in [0.4, 0.5) is 0 Å². The fourth-order valence-electron chi connectivity index (χ4n) is 3.24. The molecule has 3 rings (SSSR count). The topological polar surface area (TPSA) is 76.2 Å². The van der Waals surface area contributed by atoms with Crippen molar-refractivity contribution in [2.24, 2.45) is 0 Å². The van der Waals surface area contributed by atoms with Crippen LogP contribution in [0.1, 0.15) is 26.2 Å². The molecule has 0 aromatic heterocycles. The summed E-state index contributed by atoms with van der Waals surface area (Å²) in [6, 6.07) is 6.32. The van der Waals surface area contributed by atoms with Crippen LogP contribution in [0.15, 0.2) is 29.2 Å². The molecule has 0 bridgehead atoms. The van der Waals surface area contributed by atoms with E-state index in [0.717, 1.165) is 19.3 Å². The van der Waals surface area contributed by atoms with Gasteiger partial charge in [-0.05, 0) is 44.0 Å². The first-order chi connectivity index (χ1) is 12.5. The van der Waals surface area contributed by atoms with E-state index in [0.29, 0.717) is 45.1 Å². The summed E-state index contributed by atoms with van der Waals surface area (Å²) in [5, 5.41) is 0. The number of carbonyl (C=O) groups is 1. The number of hydrogen-bond acceptors (Lipinski definition) is 5. The van der Waals surface area contributed by atoms with E-state index in [9.17, 15) is 13.2 Å². The molecule has 2 saturated heterocycles. The minimum Gasteiger partial charge on any atom is -0.481 e. The minimum absolute atomic E-state index is 0.0849. The van der Waals surface area contributed by atoms with Crippen LogP contribution in [0.5, 0.6) is 5.75 Å². The quantitative estimate of drug-likeness (QED) is 0.771. The third-order valence-electron chi connectivity index (χ3n) is 4.76. The summed E-state index contributed by atoms with van der Waals surface area (Å²) in [7, 11) is -3.45. The Balaban J connectivity index is 1.62. The maximum Gasteiger partial charge on any atom is 0.263 e. The molecule has 0 unspecified atom stereocenters. The monoisotopic (exact) mass is 382 g/mol. The summed E-state index contributed by atoms with van der Waals surface area (Å²) in [4.78, 5) is 14.4. The van der Waals surface area contributed by atoms with E-state index in [4.69, 9.17) is 9.47 Å². The van der Waals surface area contributed by atoms with Gasteiger partial charge in [0.25, 0.3) is 5.91 Å². The fraction of sp³-hybridized carbons (Fsp3) is 0.611. The number of hydrogen-bond donors (Lipinski definition) is 0. The van der Waals surface area contributed by atoms with Gasteiger partial charge in [0.1, 0.15) is 5.75 Å². The van der Waals surface area contributed by atoms with E-state index in [1.165, 1.54) is 4.31 Å². The van der Waals surface area contributed by atoms with Gasteiger partial charge in [-0.25, -0.2) is 8.42 Å². The van der Waals surface area contributed by atoms with Crippen LogP contribution in [0.2, 0.25) is 0 Å². The van der Waals surface area contributed by atoms with E-state index in [1.807, 2.05) is 0 Å². The average Bonchev–Trinajstić information content (AvgIpc) is 2.69. The zero-order valence-corrected chi connectivity index (χ0v) is 15.9. The highest BCUT2D eigenvalue weighted by atomic mass is 32.2. The van der Waals surface area contributed by atoms with Crippen molar-refractivity contribution in [1.82, 2.24) is 9.21 Å². The molecule has 1 aromatic rings. The highest BCUT2D eigenvalue weighted by molar-refractivity contribution is 7.89. The standard InChI is InChI=1S/C18H26N2O5S/c1-15(18(21)19-11-13-24-14-12-19)25-16-5-7-17(8-6-16)26(22,23)20-9-3-2-4-10-20/h5-8,15H,2-4,9-14H2,1H3/t15-/m0/s1. The molecule has 2 aliphatic rings. The Hall–Kier alpha value is -1.64. The highest BCUT2D eigenvalue weighted by Crippen LogP contribution is 2.23. The van der Waals surface area contributed by atoms with Gasteiger partial charge in [-0.3, -0.25) is 4.79 Å². The maximum absolute atomic E-state index is 12.6. The molecular weight excluding hydrogens is 356 g/mol. The minimum atomic E-state index is -3.45. The molecule has 0 aliphatic carbocycles. The van der Waals surface area contributed by atoms with Crippen molar-refractivity contribution in [3.63, 3.8) is 0 Å². The largest absolute Gasteiger partial charge is 0.481 e. The van der Waals surface area contributed by atoms with Gasteiger partial charge >= 0.3 is 0 Å². The molecule has 2 aliphatic heterocycles. The number of piperidine rings is 1. The second kappa shape index (κ2) is 8.37. The third kappa shape index (κ3) is 4.36. The molecule has 1 atom stereocenters. The van der Waals surface area contributed by atoms with Gasteiger partial charge in [0.15, 0.2) is 6.10 Å². The van der Waals surface area contributed by atoms with Crippen molar-refractivity contribution >= 4 is 15.9 Å². The zero-order chi connectivity index (χ0) is 18.6. The van der Waals surface area contributed by atoms with E-state index in [2.05, 4.69) is 0 Å². The number of nitrogens with zero attached hydrogens (tertiary/aromatic N) is 2. The number of sulfonamides is 1. The van der Waals surface area contributed by atoms with Crippen molar-refractivity contribution < 1.29 is 22.7 Å². The summed E-state index contributed by atoms with van der Waals surface area (Å²) >= 11 is 0. The summed E-state index contributed by atoms with van der Waals surface area (Å²) in [6.07, 6.45) is 2.26. The van der Waals surface area contributed by atoms with Crippen molar-refractivity contribution in [3.8, 4) is 5.75 Å². The molecule has 0 N–H and O–H groups in total. The lowest BCUT2D eigenvalue weighted by molar-refractivity contribution is -0.142. The van der Waals surface area contributed by atoms with Crippen LogP contribution in [-0.2, 0) is 19.6 Å². The Morgan fingerprint density at radius 1 is 1.04 bits per heavy atom. The normalized spacial score (nSPS) is 20.6. The van der Waals surface area contributed by atoms with Crippen molar-refractivity contribution in [2.75, 3.05) is 39.4 Å². The first kappa shape index (κ1) is 19.1. The van der Waals surface area contributed by atoms with Crippen LogP contribution in [-0.4, -0.2) is 69.0 Å². The third-order valence-corrected chi connectivity index (χ3v) is 6.67. The lowest BCUT2D eigenvalue weighted by Gasteiger charge is -2.29. The summed E-state index contributed by atoms with van der Waals surface area (Å²) < 4.78 is 37.8. The molecule has 144 valence electrons. The molecule has 0 saturated carbocycles. The van der Waals surface area contributed by atoms with E-state index >= 15 is 0 Å². The fourth-order valence-corrected chi connectivity index (χ4v) is 4.76. The number of amides is 1. The summed E-state index contributed by atoms with van der Waals surface area (Å²) in [6.45, 7) is 5.08. The van der Waals surface area contributed by atoms with Crippen LogP contribution in [0.3, 0.4) is 0 Å². The highest BCUT2D eigenvalue weighted by Gasteiger charge is 2.27. The van der Waals surface area contributed by atoms with Gasteiger partial charge in [0.05, 0.1) is 18.1 Å². The molecule has 8 heteroatoms. The maximum atomic E-state index is 12.6. The lowest BCUT2D eigenvalue weighted by Crippen LogP contribution is -2.46. The predicted molar refractivity (Wildman–Crippen MR) is 96.5 cm³/mol. The van der Waals surface area contributed by atoms with E-state index in [-0.39, 0.29) is 10.8 Å². The van der Waals surface area contributed by atoms with Crippen LogP contribution < -0.4 is 4.74 Å². The average molecular weight is 382 g/mol. The Labute approximate surface area is 154 Å². The van der Waals surface area contributed by atoms with Crippen molar-refractivity contribution in [1.29, 1.82) is 0 Å². The molecule has 0 spiro atoms. The van der Waals surface area contributed by atoms with Crippen molar-refractivity contribution in [2.45, 2.75) is 37.2 Å². The van der Waals surface area contributed by atoms with Gasteiger partial charge in [-0.1, -0.05) is 6.42 Å². The summed E-state index contributed by atoms with van der Waals surface area (Å²) in [5.41, 5.74) is 0. The van der Waals surface area contributed by atoms with E-state index < -0.39 is 16.1 Å². The SMILES string of the molecule is C[C@H](Oc1ccc(S(=O)(=O)N2CCCCC2)cc1)C(=O)N1CCOCC1. The number of benzene rings is 1. The Bertz CT molecular complexity index is 708. The number of ether oxygens (including phenoxy) is 2. The Morgan fingerprint density at radius 2 is 1.65 bits per heavy atom. The first-order valence-electron chi connectivity index (χ1n) is 9.12. The second-order valence-corrected chi connectivity index (χ2v) is 8.57. The summed E-state index contributed by atoms with van der Waals surface area (Å²) in [5.74, 6) is 0.398. The molecule has 1 aromatic carbocycles. The number of rotatable bonds is 5. The van der Waals surface area contributed by atoms with Gasteiger partial charge in [-0.2, -0.15) is 4.31 Å². The van der Waals surface area contributed by atoms with Crippen molar-refractivity contribution in [3.05, 3.63) is 24.3 Å². The first-order valence-corrected chi connectivity index (χ1v) is 10.6. The second-order valence-electron chi connectivity index (χ2n) is 6.63. The van der Waals surface area contributed by atoms with Crippen LogP contribution in [0.25, 0.3) is 0 Å². The van der Waals surface area contributed by atoms with Gasteiger partial charge in [-0.15, -0.1) is 0 Å². The van der Waals surface area contributed by atoms with Gasteiger partial charge in [0, 0.05) is 26.2 Å². The van der Waals surface area contributed by atoms with Crippen LogP contribution in [0, 0.1) is 0 Å². The molecule has 2 heterocycles. The lowest BCUT2D eigenvalue weighted by atomic mass is 10.2. The van der Waals surface area contributed by atoms with Crippen LogP contribution >= 0.6 is 0 Å². The predicted octanol–water partition coefficient (Wildman–Crippen LogP) is 1.49. The van der Waals surface area contributed by atoms with Gasteiger partial charge in [0.2, 0.25) is 10.0 Å².